The van der Waals surface area contributed by atoms with E-state index in [1.54, 1.807) is 0 Å². The molecule has 8 heteroatoms. The standard InChI is InChI=1S/C32H54N4O4/c1-21(2)28(36-31(39)26(34)19-23-14-8-4-9-15-23)32(40)35-27(20-24-16-10-5-11-17-24)30(38)29(37)25(33)18-22-12-6-3-7-13-22/h4,8-9,14-15,21-22,24-30,37-38H,3,5-7,10-13,16-20,33-34H2,1-2H3,(H,35,40)(H,36,39)/t25-,26-,27-,28-,29-,30-/m0/s1. The van der Waals surface area contributed by atoms with Crippen molar-refractivity contribution < 1.29 is 19.8 Å². The van der Waals surface area contributed by atoms with Gasteiger partial charge in [-0.2, -0.15) is 0 Å². The highest BCUT2D eigenvalue weighted by atomic mass is 16.3. The van der Waals surface area contributed by atoms with Gasteiger partial charge in [-0.15, -0.1) is 0 Å². The fourth-order valence-electron chi connectivity index (χ4n) is 6.53. The maximum atomic E-state index is 13.6. The van der Waals surface area contributed by atoms with Crippen molar-refractivity contribution in [1.82, 2.24) is 10.6 Å². The summed E-state index contributed by atoms with van der Waals surface area (Å²) in [6.45, 7) is 3.74. The third-order valence-electron chi connectivity index (χ3n) is 9.05. The first-order valence-corrected chi connectivity index (χ1v) is 15.7. The van der Waals surface area contributed by atoms with E-state index in [1.807, 2.05) is 44.2 Å². The summed E-state index contributed by atoms with van der Waals surface area (Å²) in [7, 11) is 0. The molecule has 40 heavy (non-hydrogen) atoms. The van der Waals surface area contributed by atoms with E-state index in [4.69, 9.17) is 11.5 Å². The Morgan fingerprint density at radius 1 is 0.800 bits per heavy atom. The lowest BCUT2D eigenvalue weighted by molar-refractivity contribution is -0.132. The van der Waals surface area contributed by atoms with E-state index in [-0.39, 0.29) is 11.8 Å². The number of carbonyl (C=O) groups is 2. The van der Waals surface area contributed by atoms with Crippen molar-refractivity contribution in [2.75, 3.05) is 0 Å². The number of hydrogen-bond donors (Lipinski definition) is 6. The molecule has 0 spiro atoms. The molecule has 0 radical (unpaired) electrons. The Bertz CT molecular complexity index is 886. The first kappa shape index (κ1) is 32.5. The SMILES string of the molecule is CC(C)[C@H](NC(=O)[C@@H](N)Cc1ccccc1)C(=O)N[C@@H](CC1CCCCC1)[C@H](O)[C@@H](O)[C@@H](N)CC1CCCCC1. The zero-order chi connectivity index (χ0) is 29.1. The van der Waals surface area contributed by atoms with Gasteiger partial charge in [-0.05, 0) is 42.6 Å². The van der Waals surface area contributed by atoms with Gasteiger partial charge in [0.2, 0.25) is 11.8 Å². The smallest absolute Gasteiger partial charge is 0.243 e. The van der Waals surface area contributed by atoms with Gasteiger partial charge in [0.15, 0.2) is 0 Å². The molecule has 0 bridgehead atoms. The molecule has 2 aliphatic carbocycles. The van der Waals surface area contributed by atoms with E-state index < -0.39 is 42.3 Å². The minimum atomic E-state index is -1.19. The Labute approximate surface area is 241 Å². The van der Waals surface area contributed by atoms with Crippen LogP contribution in [-0.4, -0.2) is 58.4 Å². The predicted molar refractivity (Wildman–Crippen MR) is 159 cm³/mol. The highest BCUT2D eigenvalue weighted by Crippen LogP contribution is 2.30. The van der Waals surface area contributed by atoms with Crippen LogP contribution in [0.4, 0.5) is 0 Å². The predicted octanol–water partition coefficient (Wildman–Crippen LogP) is 3.17. The molecular weight excluding hydrogens is 504 g/mol. The van der Waals surface area contributed by atoms with E-state index in [0.29, 0.717) is 31.1 Å². The van der Waals surface area contributed by atoms with E-state index in [1.165, 1.54) is 25.7 Å². The number of nitrogens with one attached hydrogen (secondary N) is 2. The molecule has 2 amide bonds. The molecule has 1 aromatic rings. The van der Waals surface area contributed by atoms with Crippen LogP contribution in [-0.2, 0) is 16.0 Å². The van der Waals surface area contributed by atoms with Crippen LogP contribution in [0.25, 0.3) is 0 Å². The minimum Gasteiger partial charge on any atom is -0.389 e. The molecule has 2 saturated carbocycles. The Hall–Kier alpha value is -2.00. The van der Waals surface area contributed by atoms with Crippen molar-refractivity contribution in [1.29, 1.82) is 0 Å². The van der Waals surface area contributed by atoms with Gasteiger partial charge in [0, 0.05) is 6.04 Å². The van der Waals surface area contributed by atoms with Crippen LogP contribution < -0.4 is 22.1 Å². The molecule has 226 valence electrons. The molecule has 0 heterocycles. The minimum absolute atomic E-state index is 0.196. The van der Waals surface area contributed by atoms with Crippen molar-refractivity contribution in [3.05, 3.63) is 35.9 Å². The monoisotopic (exact) mass is 558 g/mol. The van der Waals surface area contributed by atoms with Crippen LogP contribution in [0.5, 0.6) is 0 Å². The Balaban J connectivity index is 1.66. The normalized spacial score (nSPS) is 21.7. The molecule has 2 aliphatic rings. The molecule has 8 N–H and O–H groups in total. The lowest BCUT2D eigenvalue weighted by atomic mass is 9.80. The first-order chi connectivity index (χ1) is 19.2. The third-order valence-corrected chi connectivity index (χ3v) is 9.05. The topological polar surface area (TPSA) is 151 Å². The van der Waals surface area contributed by atoms with Gasteiger partial charge >= 0.3 is 0 Å². The third kappa shape index (κ3) is 10.1. The summed E-state index contributed by atoms with van der Waals surface area (Å²) in [5.74, 6) is -0.127. The zero-order valence-corrected chi connectivity index (χ0v) is 24.6. The summed E-state index contributed by atoms with van der Waals surface area (Å²) in [6, 6.07) is 6.73. The second kappa shape index (κ2) is 16.4. The molecule has 6 atom stereocenters. The van der Waals surface area contributed by atoms with Crippen molar-refractivity contribution >= 4 is 11.8 Å². The number of carbonyl (C=O) groups excluding carboxylic acids is 2. The van der Waals surface area contributed by atoms with Crippen molar-refractivity contribution in [2.24, 2.45) is 29.2 Å². The van der Waals surface area contributed by atoms with Crippen LogP contribution in [0, 0.1) is 17.8 Å². The molecule has 0 aromatic heterocycles. The lowest BCUT2D eigenvalue weighted by Gasteiger charge is -2.36. The van der Waals surface area contributed by atoms with E-state index in [0.717, 1.165) is 44.1 Å². The maximum absolute atomic E-state index is 13.6. The van der Waals surface area contributed by atoms with Crippen molar-refractivity contribution in [2.45, 2.75) is 134 Å². The van der Waals surface area contributed by atoms with Gasteiger partial charge in [0.25, 0.3) is 0 Å². The van der Waals surface area contributed by atoms with Crippen LogP contribution in [0.1, 0.15) is 96.5 Å². The summed E-state index contributed by atoms with van der Waals surface area (Å²) in [6.07, 6.45) is 10.7. The van der Waals surface area contributed by atoms with E-state index in [2.05, 4.69) is 10.6 Å². The fourth-order valence-corrected chi connectivity index (χ4v) is 6.53. The van der Waals surface area contributed by atoms with Gasteiger partial charge < -0.3 is 32.3 Å². The number of hydrogen-bond acceptors (Lipinski definition) is 6. The molecular formula is C32H54N4O4. The lowest BCUT2D eigenvalue weighted by Crippen LogP contribution is -2.60. The molecule has 2 fully saturated rings. The number of amides is 2. The second-order valence-corrected chi connectivity index (χ2v) is 12.8. The zero-order valence-electron chi connectivity index (χ0n) is 24.6. The number of aliphatic hydroxyl groups excluding tert-OH is 2. The van der Waals surface area contributed by atoms with Crippen LogP contribution in [0.15, 0.2) is 30.3 Å². The number of nitrogens with two attached hydrogens (primary N) is 2. The quantitative estimate of drug-likeness (QED) is 0.206. The summed E-state index contributed by atoms with van der Waals surface area (Å²) in [5, 5.41) is 28.3. The highest BCUT2D eigenvalue weighted by molar-refractivity contribution is 5.90. The van der Waals surface area contributed by atoms with E-state index >= 15 is 0 Å². The Kier molecular flexibility index (Phi) is 13.4. The average molecular weight is 559 g/mol. The van der Waals surface area contributed by atoms with Gasteiger partial charge in [-0.25, -0.2) is 0 Å². The summed E-state index contributed by atoms with van der Waals surface area (Å²) in [5.41, 5.74) is 13.6. The number of rotatable bonds is 14. The van der Waals surface area contributed by atoms with Gasteiger partial charge in [-0.3, -0.25) is 9.59 Å². The molecule has 0 unspecified atom stereocenters. The van der Waals surface area contributed by atoms with Gasteiger partial charge in [-0.1, -0.05) is 108 Å². The van der Waals surface area contributed by atoms with E-state index in [9.17, 15) is 19.8 Å². The maximum Gasteiger partial charge on any atom is 0.243 e. The van der Waals surface area contributed by atoms with Crippen LogP contribution in [0.2, 0.25) is 0 Å². The average Bonchev–Trinajstić information content (AvgIpc) is 2.95. The highest BCUT2D eigenvalue weighted by Gasteiger charge is 2.36. The van der Waals surface area contributed by atoms with Gasteiger partial charge in [0.1, 0.15) is 12.1 Å². The second-order valence-electron chi connectivity index (χ2n) is 12.8. The summed E-state index contributed by atoms with van der Waals surface area (Å²) in [4.78, 5) is 26.5. The molecule has 3 rings (SSSR count). The van der Waals surface area contributed by atoms with Gasteiger partial charge in [0.05, 0.1) is 18.2 Å². The Morgan fingerprint density at radius 2 is 1.35 bits per heavy atom. The van der Waals surface area contributed by atoms with Crippen molar-refractivity contribution in [3.8, 4) is 0 Å². The molecule has 1 aromatic carbocycles. The number of benzene rings is 1. The Morgan fingerprint density at radius 3 is 1.90 bits per heavy atom. The fraction of sp³-hybridized carbons (Fsp3) is 0.750. The largest absolute Gasteiger partial charge is 0.389 e. The summed E-state index contributed by atoms with van der Waals surface area (Å²) >= 11 is 0. The van der Waals surface area contributed by atoms with Crippen LogP contribution >= 0.6 is 0 Å². The molecule has 0 aliphatic heterocycles. The molecule has 8 nitrogen and oxygen atoms in total. The number of aliphatic hydroxyl groups is 2. The van der Waals surface area contributed by atoms with Crippen molar-refractivity contribution in [3.63, 3.8) is 0 Å². The summed E-state index contributed by atoms with van der Waals surface area (Å²) < 4.78 is 0. The molecule has 0 saturated heterocycles. The first-order valence-electron chi connectivity index (χ1n) is 15.7. The van der Waals surface area contributed by atoms with Crippen LogP contribution in [0.3, 0.4) is 0 Å².